The summed E-state index contributed by atoms with van der Waals surface area (Å²) in [6, 6.07) is 39.2. The number of aliphatic carboxylic acids is 2. The lowest BCUT2D eigenvalue weighted by atomic mass is 10.0. The van der Waals surface area contributed by atoms with Gasteiger partial charge in [-0.2, -0.15) is 15.5 Å². The molecule has 0 atom stereocenters. The lowest BCUT2D eigenvalue weighted by molar-refractivity contribution is -0.132. The van der Waals surface area contributed by atoms with Crippen molar-refractivity contribution in [3.8, 4) is 17.2 Å². The van der Waals surface area contributed by atoms with Crippen LogP contribution in [0.4, 0.5) is 11.4 Å². The molecule has 0 spiro atoms. The number of nitriles is 1. The predicted octanol–water partition coefficient (Wildman–Crippen LogP) is 7.84. The van der Waals surface area contributed by atoms with E-state index < -0.39 is 11.9 Å². The molecule has 7 nitrogen and oxygen atoms in total. The van der Waals surface area contributed by atoms with Gasteiger partial charge in [-0.05, 0) is 41.5 Å². The molecule has 38 heavy (non-hydrogen) atoms. The van der Waals surface area contributed by atoms with E-state index >= 15 is 0 Å². The maximum absolute atomic E-state index is 9.25. The Kier molecular flexibility index (Phi) is 15.0. The third-order valence-electron chi connectivity index (χ3n) is 4.27. The summed E-state index contributed by atoms with van der Waals surface area (Å²) in [5.41, 5.74) is 4.55. The van der Waals surface area contributed by atoms with Crippen LogP contribution in [0.5, 0.6) is 0 Å². The van der Waals surface area contributed by atoms with Gasteiger partial charge in [-0.1, -0.05) is 98.1 Å². The zero-order valence-corrected chi connectivity index (χ0v) is 20.6. The number of carboxylic acid groups (broad SMARTS) is 2. The minimum absolute atomic E-state index is 0.721. The second kappa shape index (κ2) is 18.7. The van der Waals surface area contributed by atoms with Crippen LogP contribution in [-0.2, 0) is 9.59 Å². The maximum Gasteiger partial charge on any atom is 0.327 e. The van der Waals surface area contributed by atoms with Crippen LogP contribution < -0.4 is 0 Å². The molecule has 0 aromatic heterocycles. The molecule has 4 aromatic rings. The van der Waals surface area contributed by atoms with Crippen molar-refractivity contribution in [1.29, 1.82) is 5.26 Å². The average Bonchev–Trinajstić information content (AvgIpc) is 2.98. The van der Waals surface area contributed by atoms with Crippen molar-refractivity contribution in [3.63, 3.8) is 0 Å². The molecule has 0 radical (unpaired) electrons. The van der Waals surface area contributed by atoms with Crippen LogP contribution >= 0.6 is 0 Å². The van der Waals surface area contributed by atoms with Gasteiger partial charge in [-0.15, -0.1) is 0 Å². The van der Waals surface area contributed by atoms with E-state index in [1.807, 2.05) is 115 Å². The molecule has 0 saturated carbocycles. The van der Waals surface area contributed by atoms with Crippen LogP contribution in [0.15, 0.2) is 151 Å². The number of hydrogen-bond acceptors (Lipinski definition) is 5. The van der Waals surface area contributed by atoms with E-state index in [1.165, 1.54) is 0 Å². The Bertz CT molecular complexity index is 1290. The predicted molar refractivity (Wildman–Crippen MR) is 149 cm³/mol. The van der Waals surface area contributed by atoms with Gasteiger partial charge in [0.2, 0.25) is 0 Å². The molecule has 0 aliphatic heterocycles. The lowest BCUT2D eigenvalue weighted by Gasteiger charge is -2.02. The van der Waals surface area contributed by atoms with E-state index in [-0.39, 0.29) is 0 Å². The molecule has 0 bridgehead atoms. The van der Waals surface area contributed by atoms with Crippen molar-refractivity contribution in [2.45, 2.75) is 0 Å². The molecule has 0 saturated heterocycles. The fourth-order valence-electron chi connectivity index (χ4n) is 2.55. The lowest BCUT2D eigenvalue weighted by Crippen LogP contribution is -1.82. The van der Waals surface area contributed by atoms with Gasteiger partial charge >= 0.3 is 11.9 Å². The summed E-state index contributed by atoms with van der Waals surface area (Å²) < 4.78 is 0. The first-order chi connectivity index (χ1) is 18.4. The Hall–Kier alpha value is -5.61. The fourth-order valence-corrected chi connectivity index (χ4v) is 2.55. The van der Waals surface area contributed by atoms with E-state index in [9.17, 15) is 9.59 Å². The molecule has 0 aliphatic carbocycles. The summed E-state index contributed by atoms with van der Waals surface area (Å²) in [6.07, 6.45) is 1.67. The summed E-state index contributed by atoms with van der Waals surface area (Å²) in [5.74, 6) is -1.96. The summed E-state index contributed by atoms with van der Waals surface area (Å²) in [7, 11) is 0. The minimum Gasteiger partial charge on any atom is -0.478 e. The highest BCUT2D eigenvalue weighted by atomic mass is 16.4. The third kappa shape index (κ3) is 13.3. The SMILES string of the molecule is C=CC(=O)O.C=CC(=O)O.N#Cc1ccccc1-c1ccccc1.c1ccc(/N=N/c2ccccc2)cc1. The minimum atomic E-state index is -0.981. The van der Waals surface area contributed by atoms with Gasteiger partial charge in [-0.3, -0.25) is 0 Å². The Morgan fingerprint density at radius 1 is 0.632 bits per heavy atom. The molecule has 2 N–H and O–H groups in total. The zero-order chi connectivity index (χ0) is 28.0. The average molecular weight is 506 g/mol. The van der Waals surface area contributed by atoms with Crippen LogP contribution in [0.2, 0.25) is 0 Å². The number of nitrogens with zero attached hydrogens (tertiary/aromatic N) is 3. The highest BCUT2D eigenvalue weighted by Crippen LogP contribution is 2.22. The van der Waals surface area contributed by atoms with E-state index in [2.05, 4.69) is 29.5 Å². The highest BCUT2D eigenvalue weighted by molar-refractivity contribution is 5.79. The highest BCUT2D eigenvalue weighted by Gasteiger charge is 2.01. The second-order valence-electron chi connectivity index (χ2n) is 6.98. The number of rotatable bonds is 5. The number of azo groups is 1. The second-order valence-corrected chi connectivity index (χ2v) is 6.98. The Balaban J connectivity index is 0.000000284. The van der Waals surface area contributed by atoms with Crippen molar-refractivity contribution >= 4 is 23.3 Å². The van der Waals surface area contributed by atoms with Gasteiger partial charge in [0.25, 0.3) is 0 Å². The summed E-state index contributed by atoms with van der Waals surface area (Å²) >= 11 is 0. The van der Waals surface area contributed by atoms with Crippen LogP contribution in [0.25, 0.3) is 11.1 Å². The number of carbonyl (C=O) groups is 2. The maximum atomic E-state index is 9.25. The first-order valence-electron chi connectivity index (χ1n) is 11.2. The van der Waals surface area contributed by atoms with Crippen molar-refractivity contribution in [1.82, 2.24) is 0 Å². The van der Waals surface area contributed by atoms with Gasteiger partial charge in [-0.25, -0.2) is 9.59 Å². The van der Waals surface area contributed by atoms with Gasteiger partial charge < -0.3 is 10.2 Å². The van der Waals surface area contributed by atoms with Crippen molar-refractivity contribution < 1.29 is 19.8 Å². The topological polar surface area (TPSA) is 123 Å². The number of benzene rings is 4. The van der Waals surface area contributed by atoms with Crippen molar-refractivity contribution in [2.75, 3.05) is 0 Å². The molecule has 190 valence electrons. The van der Waals surface area contributed by atoms with Crippen LogP contribution in [0.3, 0.4) is 0 Å². The molecule has 0 unspecified atom stereocenters. The van der Waals surface area contributed by atoms with E-state index in [0.29, 0.717) is 0 Å². The molecule has 0 fully saturated rings. The van der Waals surface area contributed by atoms with Gasteiger partial charge in [0.15, 0.2) is 0 Å². The first-order valence-corrected chi connectivity index (χ1v) is 11.2. The number of carboxylic acids is 2. The monoisotopic (exact) mass is 505 g/mol. The van der Waals surface area contributed by atoms with E-state index in [4.69, 9.17) is 15.5 Å². The fraction of sp³-hybridized carbons (Fsp3) is 0. The molecule has 7 heteroatoms. The number of hydrogen-bond donors (Lipinski definition) is 2. The summed E-state index contributed by atoms with van der Waals surface area (Å²) in [4.78, 5) is 18.5. The Labute approximate surface area is 222 Å². The molecule has 4 rings (SSSR count). The molecule has 0 aliphatic rings. The van der Waals surface area contributed by atoms with Crippen molar-refractivity contribution in [3.05, 3.63) is 146 Å². The van der Waals surface area contributed by atoms with Gasteiger partial charge in [0.05, 0.1) is 23.0 Å². The summed E-state index contributed by atoms with van der Waals surface area (Å²) in [6.45, 7) is 5.92. The summed E-state index contributed by atoms with van der Waals surface area (Å²) in [5, 5.41) is 32.3. The molecule has 4 aromatic carbocycles. The first kappa shape index (κ1) is 30.4. The van der Waals surface area contributed by atoms with Crippen LogP contribution in [0, 0.1) is 11.3 Å². The van der Waals surface area contributed by atoms with Gasteiger partial charge in [0.1, 0.15) is 0 Å². The van der Waals surface area contributed by atoms with E-state index in [0.717, 1.165) is 40.2 Å². The molecular formula is C31H27N3O4. The van der Waals surface area contributed by atoms with Crippen LogP contribution in [0.1, 0.15) is 5.56 Å². The molecular weight excluding hydrogens is 478 g/mol. The van der Waals surface area contributed by atoms with Crippen molar-refractivity contribution in [2.24, 2.45) is 10.2 Å². The quantitative estimate of drug-likeness (QED) is 0.211. The smallest absolute Gasteiger partial charge is 0.327 e. The van der Waals surface area contributed by atoms with E-state index in [1.54, 1.807) is 0 Å². The largest absolute Gasteiger partial charge is 0.478 e. The van der Waals surface area contributed by atoms with Gasteiger partial charge in [0, 0.05) is 12.2 Å². The Morgan fingerprint density at radius 2 is 0.974 bits per heavy atom. The zero-order valence-electron chi connectivity index (χ0n) is 20.6. The van der Waals surface area contributed by atoms with Crippen LogP contribution in [-0.4, -0.2) is 22.2 Å². The third-order valence-corrected chi connectivity index (χ3v) is 4.27. The molecule has 0 heterocycles. The molecule has 0 amide bonds. The normalized spacial score (nSPS) is 9.03. The standard InChI is InChI=1S/C13H9N.C12H10N2.2C3H4O2/c14-10-12-8-4-5-9-13(12)11-6-2-1-3-7-11;1-3-7-11(8-4-1)13-14-12-9-5-2-6-10-12;2*1-2-3(4)5/h1-9H;1-10H;2*2H,1H2,(H,4,5)/b;14-13+;;. The Morgan fingerprint density at radius 3 is 1.34 bits per heavy atom.